The Kier molecular flexibility index (Phi) is 7.65. The van der Waals surface area contributed by atoms with Gasteiger partial charge in [-0.2, -0.15) is 0 Å². The molecule has 0 bridgehead atoms. The number of hydrogen-bond donors (Lipinski definition) is 0. The number of carbonyl (C=O) groups is 1. The third-order valence-electron chi connectivity index (χ3n) is 2.93. The molecule has 0 aromatic heterocycles. The fraction of sp³-hybridized carbons (Fsp3) is 0.588. The molecule has 0 fully saturated rings. The van der Waals surface area contributed by atoms with Crippen LogP contribution in [0.15, 0.2) is 29.2 Å². The van der Waals surface area contributed by atoms with Crippen LogP contribution in [-0.4, -0.2) is 36.8 Å². The molecule has 1 amide bonds. The molecule has 0 N–H and O–H groups in total. The monoisotopic (exact) mass is 309 g/mol. The first-order valence-electron chi connectivity index (χ1n) is 7.47. The highest BCUT2D eigenvalue weighted by atomic mass is 32.2. The Hall–Kier alpha value is -1.16. The van der Waals surface area contributed by atoms with Crippen LogP contribution in [0.3, 0.4) is 0 Å². The van der Waals surface area contributed by atoms with Gasteiger partial charge in [0.15, 0.2) is 0 Å². The third kappa shape index (κ3) is 6.89. The second-order valence-electron chi connectivity index (χ2n) is 6.05. The van der Waals surface area contributed by atoms with Gasteiger partial charge in [-0.3, -0.25) is 4.79 Å². The lowest BCUT2D eigenvalue weighted by atomic mass is 10.1. The van der Waals surface area contributed by atoms with Crippen molar-refractivity contribution in [2.45, 2.75) is 32.6 Å². The lowest BCUT2D eigenvalue weighted by molar-refractivity contribution is -0.129. The summed E-state index contributed by atoms with van der Waals surface area (Å²) in [5, 5.41) is 0. The van der Waals surface area contributed by atoms with Crippen molar-refractivity contribution in [3.05, 3.63) is 24.3 Å². The van der Waals surface area contributed by atoms with Crippen molar-refractivity contribution >= 4 is 17.7 Å². The number of carbonyl (C=O) groups excluding carboxylic acids is 1. The van der Waals surface area contributed by atoms with E-state index in [4.69, 9.17) is 4.74 Å². The van der Waals surface area contributed by atoms with Gasteiger partial charge in [-0.05, 0) is 30.0 Å². The lowest BCUT2D eigenvalue weighted by Gasteiger charge is -2.26. The molecule has 0 unspecified atom stereocenters. The van der Waals surface area contributed by atoms with Gasteiger partial charge in [0.05, 0.1) is 12.9 Å². The highest BCUT2D eigenvalue weighted by Gasteiger charge is 2.16. The summed E-state index contributed by atoms with van der Waals surface area (Å²) in [5.74, 6) is 2.51. The lowest BCUT2D eigenvalue weighted by Crippen LogP contribution is -2.38. The SMILES string of the molecule is COc1cccc(SCC(=O)N(CC(C)C)CC(C)C)c1. The molecule has 0 spiro atoms. The first kappa shape index (κ1) is 17.9. The van der Waals surface area contributed by atoms with E-state index in [0.717, 1.165) is 23.7 Å². The largest absolute Gasteiger partial charge is 0.497 e. The minimum Gasteiger partial charge on any atom is -0.497 e. The average molecular weight is 309 g/mol. The van der Waals surface area contributed by atoms with Gasteiger partial charge in [0.25, 0.3) is 0 Å². The first-order valence-corrected chi connectivity index (χ1v) is 8.45. The normalized spacial score (nSPS) is 11.0. The number of rotatable bonds is 8. The summed E-state index contributed by atoms with van der Waals surface area (Å²) >= 11 is 1.57. The topological polar surface area (TPSA) is 29.5 Å². The van der Waals surface area contributed by atoms with E-state index in [2.05, 4.69) is 27.7 Å². The summed E-state index contributed by atoms with van der Waals surface area (Å²) in [5.41, 5.74) is 0. The van der Waals surface area contributed by atoms with Crippen molar-refractivity contribution in [2.24, 2.45) is 11.8 Å². The fourth-order valence-electron chi connectivity index (χ4n) is 2.09. The van der Waals surface area contributed by atoms with Crippen LogP contribution in [0.2, 0.25) is 0 Å². The number of amides is 1. The number of hydrogen-bond acceptors (Lipinski definition) is 3. The standard InChI is InChI=1S/C17H27NO2S/c1-13(2)10-18(11-14(3)4)17(19)12-21-16-8-6-7-15(9-16)20-5/h6-9,13-14H,10-12H2,1-5H3. The quantitative estimate of drug-likeness (QED) is 0.682. The molecule has 0 saturated carbocycles. The molecular formula is C17H27NO2S. The summed E-state index contributed by atoms with van der Waals surface area (Å²) in [7, 11) is 1.65. The van der Waals surface area contributed by atoms with E-state index < -0.39 is 0 Å². The van der Waals surface area contributed by atoms with Crippen molar-refractivity contribution in [1.82, 2.24) is 4.90 Å². The second-order valence-corrected chi connectivity index (χ2v) is 7.10. The van der Waals surface area contributed by atoms with Crippen LogP contribution in [-0.2, 0) is 4.79 Å². The maximum atomic E-state index is 12.4. The van der Waals surface area contributed by atoms with E-state index in [0.29, 0.717) is 17.6 Å². The molecule has 1 aromatic carbocycles. The molecule has 0 heterocycles. The van der Waals surface area contributed by atoms with E-state index in [1.54, 1.807) is 18.9 Å². The van der Waals surface area contributed by atoms with Crippen LogP contribution in [0.5, 0.6) is 5.75 Å². The maximum absolute atomic E-state index is 12.4. The molecule has 0 aliphatic rings. The van der Waals surface area contributed by atoms with Gasteiger partial charge in [0.2, 0.25) is 5.91 Å². The van der Waals surface area contributed by atoms with E-state index in [9.17, 15) is 4.79 Å². The molecule has 0 aliphatic carbocycles. The molecule has 4 heteroatoms. The number of nitrogens with zero attached hydrogens (tertiary/aromatic N) is 1. The van der Waals surface area contributed by atoms with Gasteiger partial charge in [0, 0.05) is 18.0 Å². The Balaban J connectivity index is 2.59. The van der Waals surface area contributed by atoms with Crippen molar-refractivity contribution in [3.8, 4) is 5.75 Å². The van der Waals surface area contributed by atoms with Gasteiger partial charge in [-0.1, -0.05) is 33.8 Å². The maximum Gasteiger partial charge on any atom is 0.232 e. The Labute approximate surface area is 133 Å². The Morgan fingerprint density at radius 2 is 1.81 bits per heavy atom. The summed E-state index contributed by atoms with van der Waals surface area (Å²) in [6.45, 7) is 10.3. The highest BCUT2D eigenvalue weighted by Crippen LogP contribution is 2.23. The predicted octanol–water partition coefficient (Wildman–Crippen LogP) is 3.93. The van der Waals surface area contributed by atoms with Crippen molar-refractivity contribution in [1.29, 1.82) is 0 Å². The Morgan fingerprint density at radius 3 is 2.33 bits per heavy atom. The molecular weight excluding hydrogens is 282 g/mol. The van der Waals surface area contributed by atoms with Crippen LogP contribution in [0.1, 0.15) is 27.7 Å². The van der Waals surface area contributed by atoms with Crippen LogP contribution < -0.4 is 4.74 Å². The molecule has 1 aromatic rings. The van der Waals surface area contributed by atoms with E-state index >= 15 is 0 Å². The number of methoxy groups -OCH3 is 1. The zero-order chi connectivity index (χ0) is 15.8. The predicted molar refractivity (Wildman–Crippen MR) is 90.0 cm³/mol. The van der Waals surface area contributed by atoms with Crippen LogP contribution >= 0.6 is 11.8 Å². The molecule has 0 aliphatic heterocycles. The molecule has 0 saturated heterocycles. The van der Waals surface area contributed by atoms with Gasteiger partial charge < -0.3 is 9.64 Å². The third-order valence-corrected chi connectivity index (χ3v) is 3.91. The number of benzene rings is 1. The number of ether oxygens (including phenoxy) is 1. The van der Waals surface area contributed by atoms with E-state index in [1.807, 2.05) is 29.2 Å². The summed E-state index contributed by atoms with van der Waals surface area (Å²) in [6, 6.07) is 7.84. The van der Waals surface area contributed by atoms with Gasteiger partial charge >= 0.3 is 0 Å². The van der Waals surface area contributed by atoms with E-state index in [1.165, 1.54) is 0 Å². The molecule has 1 rings (SSSR count). The molecule has 118 valence electrons. The fourth-order valence-corrected chi connectivity index (χ4v) is 2.93. The highest BCUT2D eigenvalue weighted by molar-refractivity contribution is 8.00. The second kappa shape index (κ2) is 8.98. The van der Waals surface area contributed by atoms with Crippen molar-refractivity contribution < 1.29 is 9.53 Å². The van der Waals surface area contributed by atoms with Crippen LogP contribution in [0.25, 0.3) is 0 Å². The summed E-state index contributed by atoms with van der Waals surface area (Å²) < 4.78 is 5.21. The number of thioether (sulfide) groups is 1. The van der Waals surface area contributed by atoms with E-state index in [-0.39, 0.29) is 5.91 Å². The zero-order valence-corrected chi connectivity index (χ0v) is 14.6. The van der Waals surface area contributed by atoms with Gasteiger partial charge in [-0.25, -0.2) is 0 Å². The molecule has 3 nitrogen and oxygen atoms in total. The summed E-state index contributed by atoms with van der Waals surface area (Å²) in [4.78, 5) is 15.5. The minimum absolute atomic E-state index is 0.213. The minimum atomic E-state index is 0.213. The first-order chi connectivity index (χ1) is 9.92. The van der Waals surface area contributed by atoms with Crippen molar-refractivity contribution in [3.63, 3.8) is 0 Å². The smallest absolute Gasteiger partial charge is 0.232 e. The van der Waals surface area contributed by atoms with Gasteiger partial charge in [0.1, 0.15) is 5.75 Å². The van der Waals surface area contributed by atoms with Crippen LogP contribution in [0.4, 0.5) is 0 Å². The average Bonchev–Trinajstić information content (AvgIpc) is 2.43. The molecule has 0 radical (unpaired) electrons. The van der Waals surface area contributed by atoms with Gasteiger partial charge in [-0.15, -0.1) is 11.8 Å². The van der Waals surface area contributed by atoms with Crippen LogP contribution in [0, 0.1) is 11.8 Å². The Morgan fingerprint density at radius 1 is 1.19 bits per heavy atom. The molecule has 0 atom stereocenters. The summed E-state index contributed by atoms with van der Waals surface area (Å²) in [6.07, 6.45) is 0. The Bertz CT molecular complexity index is 436. The molecule has 21 heavy (non-hydrogen) atoms. The van der Waals surface area contributed by atoms with Crippen molar-refractivity contribution in [2.75, 3.05) is 26.0 Å². The zero-order valence-electron chi connectivity index (χ0n) is 13.8.